The third-order valence-electron chi connectivity index (χ3n) is 38.0. The fourth-order valence-corrected chi connectivity index (χ4v) is 28.5. The summed E-state index contributed by atoms with van der Waals surface area (Å²) in [6.07, 6.45) is 28.1. The van der Waals surface area contributed by atoms with Gasteiger partial charge in [0.2, 0.25) is 0 Å². The number of morpholine rings is 1. The van der Waals surface area contributed by atoms with Crippen molar-refractivity contribution in [2.45, 2.75) is 515 Å². The lowest BCUT2D eigenvalue weighted by molar-refractivity contribution is -0.164. The van der Waals surface area contributed by atoms with Crippen LogP contribution in [-0.2, 0) is 16.0 Å². The Hall–Kier alpha value is -1.92. The van der Waals surface area contributed by atoms with Gasteiger partial charge in [0.15, 0.2) is 0 Å². The number of alkyl halides is 2. The molecule has 21 aliphatic rings. The van der Waals surface area contributed by atoms with E-state index in [2.05, 4.69) is 285 Å². The first-order valence-corrected chi connectivity index (χ1v) is 60.7. The summed E-state index contributed by atoms with van der Waals surface area (Å²) in [6, 6.07) is 23.3. The van der Waals surface area contributed by atoms with Crippen LogP contribution in [0.5, 0.6) is 0 Å². The van der Waals surface area contributed by atoms with E-state index < -0.39 is 12.3 Å². The van der Waals surface area contributed by atoms with Crippen LogP contribution in [0, 0.1) is 46.8 Å². The third-order valence-corrected chi connectivity index (χ3v) is 38.0. The topological polar surface area (TPSA) is 296 Å². The molecule has 25 nitrogen and oxygen atoms in total. The minimum absolute atomic E-state index is 0.0288. The Morgan fingerprint density at radius 1 is 0.411 bits per heavy atom. The monoisotopic (exact) mass is 2060 g/mol. The highest BCUT2D eigenvalue weighted by molar-refractivity contribution is 5.16. The molecule has 16 heterocycles. The van der Waals surface area contributed by atoms with E-state index in [4.69, 9.17) is 49.6 Å². The fraction of sp³-hybridized carbons (Fsp3) is 0.950. The second-order valence-electron chi connectivity index (χ2n) is 53.7. The van der Waals surface area contributed by atoms with Crippen LogP contribution in [0.2, 0.25) is 0 Å². The van der Waals surface area contributed by atoms with E-state index in [0.717, 1.165) is 145 Å². The number of nitrogens with zero attached hydrogens (tertiary/aromatic N) is 12. The molecular formula is C119H234F2N22O3. The minimum atomic E-state index is -0.787. The number of hydrogen-bond acceptors (Lipinski definition) is 25. The quantitative estimate of drug-likeness (QED) is 0.0825. The number of fused-ring (bicyclic) bond motifs is 11. The first-order valence-electron chi connectivity index (χ1n) is 60.7. The van der Waals surface area contributed by atoms with E-state index in [1.54, 1.807) is 0 Å². The van der Waals surface area contributed by atoms with Crippen molar-refractivity contribution >= 4 is 0 Å². The third kappa shape index (κ3) is 37.4. The molecule has 24 atom stereocenters. The number of benzene rings is 1. The summed E-state index contributed by atoms with van der Waals surface area (Å²) < 4.78 is 37.3. The molecule has 22 rings (SSSR count). The zero-order chi connectivity index (χ0) is 107. The van der Waals surface area contributed by atoms with Crippen molar-refractivity contribution in [3.63, 3.8) is 0 Å². The number of nitrogens with one attached hydrogen (secondary N) is 3. The molecular weight excluding hydrogens is 1820 g/mol. The van der Waals surface area contributed by atoms with Gasteiger partial charge in [0.1, 0.15) is 17.9 Å². The van der Waals surface area contributed by atoms with Crippen molar-refractivity contribution in [1.29, 1.82) is 0 Å². The molecule has 0 amide bonds. The van der Waals surface area contributed by atoms with Crippen LogP contribution in [0.4, 0.5) is 8.78 Å². The van der Waals surface area contributed by atoms with E-state index in [9.17, 15) is 13.9 Å². The molecule has 16 aliphatic heterocycles. The van der Waals surface area contributed by atoms with Gasteiger partial charge in [-0.3, -0.25) is 49.0 Å². The van der Waals surface area contributed by atoms with Gasteiger partial charge in [-0.15, -0.1) is 0 Å². The summed E-state index contributed by atoms with van der Waals surface area (Å²) in [5, 5.41) is 20.4. The lowest BCUT2D eigenvalue weighted by atomic mass is 9.73. The minimum Gasteiger partial charge on any atom is -0.391 e. The SMILES string of the molecule is CC(C)(C)N1CC2CCC1C(N)C2.CC(C)N1CC(N)CC(F)C1.CC(C)N1CC(N)CCC1C.CC(C)N1CC2(CCCNC2)C1.CC(C)N1CC2(CNCCO2)C1.CC(C)N1CC2CC(O)C1C2N.CC(C)N1CC2CCC1C2N.CC(C)N1CC2CCC1C2NCc1ccccc1.CC(C)N1CCC(F)C(N)C1.CC(C)N1CCC2CCCC2C1.CC(C)N1CCC2OCCCC2C1.CC(C)N1CCCC(N)C1. The van der Waals surface area contributed by atoms with Gasteiger partial charge in [-0.1, -0.05) is 43.2 Å². The molecule has 0 aromatic heterocycles. The Bertz CT molecular complexity index is 3620. The van der Waals surface area contributed by atoms with Crippen molar-refractivity contribution < 1.29 is 23.4 Å². The molecule has 5 saturated carbocycles. The highest BCUT2D eigenvalue weighted by Gasteiger charge is 2.53. The summed E-state index contributed by atoms with van der Waals surface area (Å²) in [5.74, 6) is 6.07. The van der Waals surface area contributed by atoms with Gasteiger partial charge in [-0.25, -0.2) is 8.78 Å². The van der Waals surface area contributed by atoms with Gasteiger partial charge < -0.3 is 80.5 Å². The molecule has 5 aliphatic carbocycles. The zero-order valence-electron chi connectivity index (χ0n) is 98.7. The van der Waals surface area contributed by atoms with Crippen LogP contribution in [0.15, 0.2) is 30.3 Å². The molecule has 1 aromatic carbocycles. The number of nitrogens with two attached hydrogens (primary N) is 7. The van der Waals surface area contributed by atoms with Gasteiger partial charge in [0.05, 0.1) is 24.9 Å². The van der Waals surface area contributed by atoms with Crippen molar-refractivity contribution in [2.24, 2.45) is 87.0 Å². The molecule has 2 spiro atoms. The number of halogens is 2. The zero-order valence-corrected chi connectivity index (χ0v) is 98.7. The lowest BCUT2D eigenvalue weighted by Gasteiger charge is -2.54. The maximum Gasteiger partial charge on any atom is 0.118 e. The second kappa shape index (κ2) is 60.2. The molecule has 146 heavy (non-hydrogen) atoms. The average Bonchev–Trinajstić information content (AvgIpc) is 1.61. The molecule has 852 valence electrons. The Morgan fingerprint density at radius 2 is 0.952 bits per heavy atom. The second-order valence-corrected chi connectivity index (χ2v) is 53.7. The van der Waals surface area contributed by atoms with Crippen LogP contribution >= 0.6 is 0 Å². The Balaban J connectivity index is 0.000000164. The Labute approximate surface area is 894 Å². The highest BCUT2D eigenvalue weighted by Crippen LogP contribution is 2.45. The van der Waals surface area contributed by atoms with E-state index in [0.29, 0.717) is 146 Å². The van der Waals surface area contributed by atoms with Gasteiger partial charge in [0, 0.05) is 294 Å². The van der Waals surface area contributed by atoms with Crippen LogP contribution in [0.25, 0.3) is 0 Å². The fourth-order valence-electron chi connectivity index (χ4n) is 28.5. The van der Waals surface area contributed by atoms with Crippen molar-refractivity contribution in [3.8, 4) is 0 Å². The molecule has 1 aromatic rings. The first-order chi connectivity index (χ1) is 69.0. The Kier molecular flexibility index (Phi) is 51.9. The summed E-state index contributed by atoms with van der Waals surface area (Å²) in [7, 11) is 0. The van der Waals surface area contributed by atoms with Crippen LogP contribution in [0.3, 0.4) is 0 Å². The van der Waals surface area contributed by atoms with E-state index in [-0.39, 0.29) is 35.9 Å². The smallest absolute Gasteiger partial charge is 0.118 e. The maximum atomic E-state index is 12.9. The first kappa shape index (κ1) is 126. The number of aliphatic hydroxyl groups excluding tert-OH is 1. The van der Waals surface area contributed by atoms with Gasteiger partial charge in [-0.2, -0.15) is 0 Å². The number of likely N-dealkylation sites (tertiary alicyclic amines) is 11. The molecule has 21 fully saturated rings. The summed E-state index contributed by atoms with van der Waals surface area (Å²) >= 11 is 0. The molecule has 8 bridgehead atoms. The normalized spacial score (nSPS) is 35.7. The molecule has 24 unspecified atom stereocenters. The standard InChI is InChI=1S/C16H24N2.C11H22N2.C11H21NO.C11H21N.C10H20N2.2C9H18N2O.C9H18N2.C9H20N2.2C8H17FN2.C8H18N2/c1-12(2)18-11-14-8-9-15(18)16(14)17-10-13-6-4-3-5-7-13;1-11(2,3)13-7-8-4-5-10(13)9(12)6-8;1-9(2)12-6-5-11-10(8-12)4-3-7-13-11;1-9(2)12-7-6-10-4-3-5-11(10)8-12;1-9(2)12-7-10(8-12)4-3-5-11-6-10;1-5(2)11-4-6-3-7(12)9(11)8(6)10;1-8(2)11-6-9(7-11)5-10-3-4-12-9;1-6(2)11-5-7-3-4-8(11)9(7)10;1-7(2)11-6-9(10)5-4-8(11)3;1-6(2)11-4-7(9)3-8(10)5-11;1-6(2)11-4-3-7(9)8(10)5-11;1-7(2)10-5-3-4-8(9)6-10/h3-7,12,14-17H,8-11H2,1-2H3;8-10H,4-7,12H2,1-3H3;9-11H,3-8H2,1-2H3;9-11H,3-8H2,1-2H3;9,11H,3-8H2,1-2H3;5-9,12H,3-4,10H2,1-2H3;8,10H,3-7H2,1-2H3;6-9H,3-5,10H2,1-2H3;7-9H,4-6,10H2,1-3H3;2*6-8H,3-5,10H2,1-2H3;7-8H,3-6,9H2,1-2H3. The summed E-state index contributed by atoms with van der Waals surface area (Å²) in [6.45, 7) is 87.3. The molecule has 27 heteroatoms. The number of aliphatic hydroxyl groups is 1. The highest BCUT2D eigenvalue weighted by atomic mass is 19.1. The van der Waals surface area contributed by atoms with Crippen LogP contribution in [0.1, 0.15) is 333 Å². The van der Waals surface area contributed by atoms with Crippen LogP contribution < -0.4 is 56.1 Å². The van der Waals surface area contributed by atoms with Crippen molar-refractivity contribution in [1.82, 2.24) is 74.7 Å². The number of hydrogen-bond donors (Lipinski definition) is 11. The van der Waals surface area contributed by atoms with Gasteiger partial charge in [0.25, 0.3) is 0 Å². The number of ether oxygens (including phenoxy) is 2. The predicted octanol–water partition coefficient (Wildman–Crippen LogP) is 14.0. The summed E-state index contributed by atoms with van der Waals surface area (Å²) in [4.78, 5) is 29.8. The maximum absolute atomic E-state index is 12.9. The van der Waals surface area contributed by atoms with Crippen molar-refractivity contribution in [3.05, 3.63) is 35.9 Å². The lowest BCUT2D eigenvalue weighted by Crippen LogP contribution is -2.70. The van der Waals surface area contributed by atoms with E-state index in [1.807, 2.05) is 0 Å². The van der Waals surface area contributed by atoms with E-state index >= 15 is 0 Å². The van der Waals surface area contributed by atoms with Crippen LogP contribution in [-0.4, -0.2) is 408 Å². The molecule has 16 saturated heterocycles. The summed E-state index contributed by atoms with van der Waals surface area (Å²) in [5.41, 5.74) is 43.8. The van der Waals surface area contributed by atoms with E-state index in [1.165, 1.54) is 213 Å². The van der Waals surface area contributed by atoms with Gasteiger partial charge >= 0.3 is 0 Å². The Morgan fingerprint density at radius 3 is 1.45 bits per heavy atom. The molecule has 18 N–H and O–H groups in total. The van der Waals surface area contributed by atoms with Gasteiger partial charge in [-0.05, 0) is 381 Å². The largest absolute Gasteiger partial charge is 0.391 e. The molecule has 0 radical (unpaired) electrons. The average molecular weight is 2060 g/mol. The number of piperidine rings is 12. The number of rotatable bonds is 14. The predicted molar refractivity (Wildman–Crippen MR) is 611 cm³/mol. The van der Waals surface area contributed by atoms with Crippen molar-refractivity contribution in [2.75, 3.05) is 164 Å².